The third-order valence-electron chi connectivity index (χ3n) is 11.9. The third-order valence-corrected chi connectivity index (χ3v) is 16.3. The first-order valence-electron chi connectivity index (χ1n) is 19.3. The van der Waals surface area contributed by atoms with Crippen LogP contribution in [0.4, 0.5) is 11.4 Å². The lowest BCUT2D eigenvalue weighted by Gasteiger charge is -2.37. The minimum absolute atomic E-state index is 0.0109. The van der Waals surface area contributed by atoms with Gasteiger partial charge in [-0.25, -0.2) is 0 Å². The zero-order valence-corrected chi connectivity index (χ0v) is 33.2. The number of nitrogens with zero attached hydrogens (tertiary/aromatic N) is 4. The van der Waals surface area contributed by atoms with Crippen molar-refractivity contribution in [2.45, 2.75) is 69.6 Å². The summed E-state index contributed by atoms with van der Waals surface area (Å²) in [5, 5.41) is 23.4. The number of aromatic nitrogens is 4. The highest BCUT2D eigenvalue weighted by Gasteiger charge is 2.66. The highest BCUT2D eigenvalue weighted by Crippen LogP contribution is 2.60. The van der Waals surface area contributed by atoms with Gasteiger partial charge >= 0.3 is 0 Å². The zero-order valence-electron chi connectivity index (χ0n) is 32.2. The van der Waals surface area contributed by atoms with Crippen molar-refractivity contribution < 1.29 is 24.2 Å². The lowest BCUT2D eigenvalue weighted by molar-refractivity contribution is -0.146. The van der Waals surface area contributed by atoms with Crippen LogP contribution < -0.4 is 20.1 Å². The summed E-state index contributed by atoms with van der Waals surface area (Å²) >= 11 is 0. The first-order valence-corrected chi connectivity index (χ1v) is 22.4. The van der Waals surface area contributed by atoms with E-state index in [9.17, 15) is 9.90 Å². The highest BCUT2D eigenvalue weighted by molar-refractivity contribution is 6.91. The van der Waals surface area contributed by atoms with Crippen molar-refractivity contribution >= 4 is 47.4 Å². The van der Waals surface area contributed by atoms with Crippen LogP contribution in [0.15, 0.2) is 109 Å². The maximum Gasteiger partial charge on any atom is 0.264 e. The van der Waals surface area contributed by atoms with E-state index in [1.165, 1.54) is 5.19 Å². The second-order valence-corrected chi connectivity index (χ2v) is 20.3. The molecule has 8 rings (SSSR count). The molecule has 2 aliphatic heterocycles. The fraction of sp³-hybridized carbons (Fsp3) is 0.318. The van der Waals surface area contributed by atoms with Crippen molar-refractivity contribution in [3.05, 3.63) is 132 Å². The number of nitrogens with one attached hydrogen (secondary N) is 2. The second kappa shape index (κ2) is 15.2. The van der Waals surface area contributed by atoms with Crippen LogP contribution in [0.5, 0.6) is 5.75 Å². The number of amides is 2. The summed E-state index contributed by atoms with van der Waals surface area (Å²) in [6, 6.07) is 32.1. The minimum atomic E-state index is -2.33. The van der Waals surface area contributed by atoms with Gasteiger partial charge < -0.3 is 29.8 Å². The molecule has 2 aliphatic rings. The van der Waals surface area contributed by atoms with Gasteiger partial charge in [0, 0.05) is 60.0 Å². The number of para-hydroxylation sites is 2. The molecule has 2 aromatic heterocycles. The molecule has 4 atom stereocenters. The number of anilines is 2. The van der Waals surface area contributed by atoms with Crippen molar-refractivity contribution in [3.63, 3.8) is 0 Å². The molecule has 0 aliphatic carbocycles. The van der Waals surface area contributed by atoms with Crippen LogP contribution in [0.25, 0.3) is 10.9 Å². The fourth-order valence-corrected chi connectivity index (χ4v) is 13.3. The number of aliphatic hydroxyl groups is 1. The summed E-state index contributed by atoms with van der Waals surface area (Å²) < 4.78 is 14.6. The second-order valence-electron chi connectivity index (χ2n) is 15.6. The number of hydrogen-bond acceptors (Lipinski definition) is 7. The van der Waals surface area contributed by atoms with E-state index in [4.69, 9.17) is 9.47 Å². The van der Waals surface area contributed by atoms with Crippen LogP contribution in [0.1, 0.15) is 35.7 Å². The number of carbonyl (C=O) groups is 2. The monoisotopic (exact) mass is 768 g/mol. The van der Waals surface area contributed by atoms with Gasteiger partial charge in [0.1, 0.15) is 5.75 Å². The predicted octanol–water partition coefficient (Wildman–Crippen LogP) is 6.34. The Morgan fingerprint density at radius 1 is 1.04 bits per heavy atom. The third kappa shape index (κ3) is 6.71. The van der Waals surface area contributed by atoms with Gasteiger partial charge in [-0.2, -0.15) is 0 Å². The molecule has 0 unspecified atom stereocenters. The van der Waals surface area contributed by atoms with Gasteiger partial charge in [-0.1, -0.05) is 91.1 Å². The van der Waals surface area contributed by atoms with E-state index in [1.807, 2.05) is 107 Å². The predicted molar refractivity (Wildman–Crippen MR) is 220 cm³/mol. The van der Waals surface area contributed by atoms with Gasteiger partial charge in [-0.05, 0) is 59.5 Å². The Labute approximate surface area is 327 Å². The van der Waals surface area contributed by atoms with Crippen LogP contribution in [0.2, 0.25) is 18.6 Å². The maximum absolute atomic E-state index is 15.2. The van der Waals surface area contributed by atoms with Gasteiger partial charge in [-0.3, -0.25) is 14.3 Å². The van der Waals surface area contributed by atoms with Crippen LogP contribution in [-0.4, -0.2) is 64.8 Å². The Balaban J connectivity index is 1.08. The summed E-state index contributed by atoms with van der Waals surface area (Å²) in [4.78, 5) is 33.5. The van der Waals surface area contributed by atoms with E-state index in [0.29, 0.717) is 31.6 Å². The molecule has 0 radical (unpaired) electrons. The number of ether oxygens (including phenoxy) is 2. The number of carbonyl (C=O) groups excluding carboxylic acids is 2. The summed E-state index contributed by atoms with van der Waals surface area (Å²) in [6.07, 6.45) is 4.85. The molecule has 4 aromatic carbocycles. The number of aryl methyl sites for hydroxylation is 1. The number of methoxy groups -OCH3 is 1. The van der Waals surface area contributed by atoms with Crippen molar-refractivity contribution in [2.75, 3.05) is 23.9 Å². The average Bonchev–Trinajstić information content (AvgIpc) is 3.96. The van der Waals surface area contributed by atoms with Crippen molar-refractivity contribution in [1.82, 2.24) is 20.0 Å². The van der Waals surface area contributed by atoms with Crippen LogP contribution in [-0.2, 0) is 45.9 Å². The Bertz CT molecular complexity index is 2370. The Morgan fingerprint density at radius 2 is 1.82 bits per heavy atom. The van der Waals surface area contributed by atoms with Crippen LogP contribution in [0, 0.1) is 5.92 Å². The molecule has 288 valence electrons. The summed E-state index contributed by atoms with van der Waals surface area (Å²) in [7, 11) is -0.654. The Kier molecular flexibility index (Phi) is 10.1. The van der Waals surface area contributed by atoms with Crippen molar-refractivity contribution in [1.29, 1.82) is 0 Å². The number of hydrogen-bond donors (Lipinski definition) is 3. The number of rotatable bonds is 13. The fourth-order valence-electron chi connectivity index (χ4n) is 9.22. The van der Waals surface area contributed by atoms with E-state index >= 15 is 4.79 Å². The number of aliphatic hydroxyl groups excluding tert-OH is 1. The standard InChI is InChI=1S/C44H48N6O5Si/c1-29-42(56(3,4)35-18-16-34(54-2)17-19-35)40(20-22-49-28-33(21-23-51)47-48-49)55-44(29)37-13-6-8-15-39(37)50(43(44)53)27-30-10-9-11-32(24-30)46-41(52)25-31-26-45-38-14-7-5-12-36(31)38/h5-19,24,26,28-29,40,42,45,51H,20-23,25,27H2,1-4H3,(H,46,52)/t29-,40+,42-,44+/m1/s1. The molecule has 56 heavy (non-hydrogen) atoms. The molecular formula is C44H48N6O5Si. The molecule has 2 amide bonds. The normalized spacial score (nSPS) is 20.6. The number of fused-ring (bicyclic) bond motifs is 3. The van der Waals surface area contributed by atoms with Gasteiger partial charge in [0.15, 0.2) is 5.60 Å². The SMILES string of the molecule is COc1ccc([Si](C)(C)[C@H]2[C@H](CCn3cc(CCO)nn3)O[C@@]3(C(=O)N(Cc4cccc(NC(=O)Cc5c[nH]c6ccccc56)c4)c4ccccc43)[C@@H]2C)cc1. The summed E-state index contributed by atoms with van der Waals surface area (Å²) in [5.74, 6) is 0.474. The summed E-state index contributed by atoms with van der Waals surface area (Å²) in [6.45, 7) is 7.84. The van der Waals surface area contributed by atoms with E-state index in [0.717, 1.165) is 44.7 Å². The summed E-state index contributed by atoms with van der Waals surface area (Å²) in [5.41, 5.74) is 4.86. The number of aromatic amines is 1. The van der Waals surface area contributed by atoms with Crippen molar-refractivity contribution in [3.8, 4) is 5.75 Å². The highest BCUT2D eigenvalue weighted by atomic mass is 28.3. The lowest BCUT2D eigenvalue weighted by atomic mass is 9.82. The molecule has 4 heterocycles. The van der Waals surface area contributed by atoms with Crippen molar-refractivity contribution in [2.24, 2.45) is 5.92 Å². The molecule has 12 heteroatoms. The number of benzene rings is 4. The molecule has 1 spiro atoms. The Hall–Kier alpha value is -5.56. The zero-order chi connectivity index (χ0) is 39.0. The maximum atomic E-state index is 15.2. The minimum Gasteiger partial charge on any atom is -0.497 e. The molecule has 11 nitrogen and oxygen atoms in total. The van der Waals surface area contributed by atoms with E-state index in [1.54, 1.807) is 7.11 Å². The molecule has 1 saturated heterocycles. The first-order chi connectivity index (χ1) is 27.1. The first kappa shape index (κ1) is 37.4. The van der Waals surface area contributed by atoms with E-state index < -0.39 is 13.7 Å². The Morgan fingerprint density at radius 3 is 2.62 bits per heavy atom. The molecule has 6 aromatic rings. The molecule has 0 saturated carbocycles. The van der Waals surface area contributed by atoms with Crippen LogP contribution >= 0.6 is 0 Å². The van der Waals surface area contributed by atoms with E-state index in [-0.39, 0.29) is 42.4 Å². The topological polar surface area (TPSA) is 135 Å². The van der Waals surface area contributed by atoms with E-state index in [2.05, 4.69) is 52.8 Å². The molecular weight excluding hydrogens is 721 g/mol. The average molecular weight is 769 g/mol. The van der Waals surface area contributed by atoms with Gasteiger partial charge in [0.05, 0.1) is 45.6 Å². The quantitative estimate of drug-likeness (QED) is 0.117. The molecule has 0 bridgehead atoms. The van der Waals surface area contributed by atoms with Gasteiger partial charge in [-0.15, -0.1) is 5.10 Å². The lowest BCUT2D eigenvalue weighted by Crippen LogP contribution is -2.51. The van der Waals surface area contributed by atoms with Gasteiger partial charge in [0.25, 0.3) is 5.91 Å². The molecule has 1 fully saturated rings. The molecule has 3 N–H and O–H groups in total. The van der Waals surface area contributed by atoms with Gasteiger partial charge in [0.2, 0.25) is 5.91 Å². The number of H-pyrrole nitrogens is 1. The van der Waals surface area contributed by atoms with Crippen LogP contribution in [0.3, 0.4) is 0 Å². The smallest absolute Gasteiger partial charge is 0.264 e. The largest absolute Gasteiger partial charge is 0.497 e.